The molecule has 2 heterocycles. The summed E-state index contributed by atoms with van der Waals surface area (Å²) in [7, 11) is -3.00. The smallest absolute Gasteiger partial charge is 0.464 e. The molecule has 0 atom stereocenters. The molecule has 200 valence electrons. The van der Waals surface area contributed by atoms with Crippen molar-refractivity contribution in [1.82, 2.24) is 10.2 Å². The largest absolute Gasteiger partial charge is 0.494 e. The lowest BCUT2D eigenvalue weighted by molar-refractivity contribution is -0.145. The Hall–Kier alpha value is -3.32. The number of nitrogens with one attached hydrogen (secondary N) is 1. The highest BCUT2D eigenvalue weighted by Crippen LogP contribution is 2.18. The maximum atomic E-state index is 15.1. The van der Waals surface area contributed by atoms with Crippen LogP contribution in [0.25, 0.3) is 0 Å². The third-order valence-electron chi connectivity index (χ3n) is 6.15. The second-order valence-electron chi connectivity index (χ2n) is 9.39. The zero-order valence-electron chi connectivity index (χ0n) is 20.8. The van der Waals surface area contributed by atoms with E-state index in [1.165, 1.54) is 24.3 Å². The van der Waals surface area contributed by atoms with Crippen molar-refractivity contribution in [3.8, 4) is 0 Å². The predicted octanol–water partition coefficient (Wildman–Crippen LogP) is -0.528. The van der Waals surface area contributed by atoms with E-state index in [1.54, 1.807) is 0 Å². The highest BCUT2D eigenvalue weighted by atomic mass is 19.1. The summed E-state index contributed by atoms with van der Waals surface area (Å²) in [5.74, 6) is -4.27. The van der Waals surface area contributed by atoms with Gasteiger partial charge in [-0.2, -0.15) is 0 Å². The third kappa shape index (κ3) is 5.73. The van der Waals surface area contributed by atoms with Crippen LogP contribution in [-0.2, 0) is 32.1 Å². The monoisotopic (exact) mass is 530 g/mol. The van der Waals surface area contributed by atoms with E-state index in [2.05, 4.69) is 5.32 Å². The SMILES string of the molecule is CC(C)COC(=O)CN(CCNC(=O)c1ccc2c(c1F)B(O)OC2)C(=O)c1ccc2c(c1F)B(O)OC2. The first kappa shape index (κ1) is 27.7. The van der Waals surface area contributed by atoms with Gasteiger partial charge in [0.05, 0.1) is 30.9 Å². The van der Waals surface area contributed by atoms with Crippen LogP contribution in [0.4, 0.5) is 8.78 Å². The van der Waals surface area contributed by atoms with E-state index in [0.717, 1.165) is 4.90 Å². The number of rotatable bonds is 9. The number of carbonyl (C=O) groups is 3. The number of fused-ring (bicyclic) bond motifs is 2. The highest BCUT2D eigenvalue weighted by molar-refractivity contribution is 6.62. The van der Waals surface area contributed by atoms with Crippen LogP contribution in [0.2, 0.25) is 0 Å². The molecule has 0 bridgehead atoms. The van der Waals surface area contributed by atoms with Gasteiger partial charge >= 0.3 is 20.2 Å². The van der Waals surface area contributed by atoms with E-state index in [0.29, 0.717) is 11.1 Å². The molecular formula is C24H26B2F2N2O8. The fraction of sp³-hybridized carbons (Fsp3) is 0.375. The molecule has 38 heavy (non-hydrogen) atoms. The summed E-state index contributed by atoms with van der Waals surface area (Å²) in [4.78, 5) is 39.3. The molecule has 2 aliphatic rings. The molecule has 0 aromatic heterocycles. The van der Waals surface area contributed by atoms with Crippen molar-refractivity contribution in [2.24, 2.45) is 5.92 Å². The Morgan fingerprint density at radius 3 is 2.13 bits per heavy atom. The number of nitrogens with zero attached hydrogens (tertiary/aromatic N) is 1. The zero-order valence-corrected chi connectivity index (χ0v) is 20.8. The van der Waals surface area contributed by atoms with Crippen LogP contribution in [-0.4, -0.2) is 73.2 Å². The third-order valence-corrected chi connectivity index (χ3v) is 6.15. The molecule has 0 saturated carbocycles. The van der Waals surface area contributed by atoms with Gasteiger partial charge in [0, 0.05) is 24.0 Å². The van der Waals surface area contributed by atoms with E-state index in [1.807, 2.05) is 13.8 Å². The van der Waals surface area contributed by atoms with Gasteiger partial charge in [-0.25, -0.2) is 8.78 Å². The van der Waals surface area contributed by atoms with Gasteiger partial charge in [-0.1, -0.05) is 26.0 Å². The summed E-state index contributed by atoms with van der Waals surface area (Å²) >= 11 is 0. The van der Waals surface area contributed by atoms with E-state index in [-0.39, 0.29) is 55.3 Å². The average Bonchev–Trinajstić information content (AvgIpc) is 3.45. The van der Waals surface area contributed by atoms with Gasteiger partial charge in [0.25, 0.3) is 11.8 Å². The van der Waals surface area contributed by atoms with Crippen LogP contribution < -0.4 is 16.2 Å². The zero-order chi connectivity index (χ0) is 27.6. The van der Waals surface area contributed by atoms with Gasteiger partial charge in [-0.3, -0.25) is 14.4 Å². The van der Waals surface area contributed by atoms with E-state index in [9.17, 15) is 28.8 Å². The molecule has 0 radical (unpaired) electrons. The predicted molar refractivity (Wildman–Crippen MR) is 132 cm³/mol. The number of hydrogen-bond donors (Lipinski definition) is 3. The summed E-state index contributed by atoms with van der Waals surface area (Å²) in [6, 6.07) is 5.41. The van der Waals surface area contributed by atoms with Gasteiger partial charge in [-0.15, -0.1) is 0 Å². The van der Waals surface area contributed by atoms with Gasteiger partial charge < -0.3 is 34.3 Å². The average molecular weight is 530 g/mol. The summed E-state index contributed by atoms with van der Waals surface area (Å²) in [5.41, 5.74) is -0.162. The molecule has 10 nitrogen and oxygen atoms in total. The Bertz CT molecular complexity index is 1260. The van der Waals surface area contributed by atoms with Gasteiger partial charge in [0.2, 0.25) is 0 Å². The standard InChI is InChI=1S/C24H26B2F2N2O8/c1-13(2)10-36-18(31)9-30(24(33)17-6-4-15-12-38-26(35)20(15)22(17)28)8-7-29-23(32)16-5-3-14-11-37-25(34)19(14)21(16)27/h3-6,13,34-35H,7-12H2,1-2H3,(H,29,32). The minimum absolute atomic E-state index is 0.0123. The first-order chi connectivity index (χ1) is 18.1. The molecule has 2 aromatic rings. The topological polar surface area (TPSA) is 135 Å². The number of ether oxygens (including phenoxy) is 1. The van der Waals surface area contributed by atoms with Crippen LogP contribution in [0.3, 0.4) is 0 Å². The lowest BCUT2D eigenvalue weighted by Crippen LogP contribution is -2.43. The van der Waals surface area contributed by atoms with Crippen molar-refractivity contribution in [1.29, 1.82) is 0 Å². The maximum absolute atomic E-state index is 15.1. The molecule has 0 unspecified atom stereocenters. The molecule has 0 fully saturated rings. The molecule has 0 aliphatic carbocycles. The number of hydrogen-bond acceptors (Lipinski definition) is 8. The Balaban J connectivity index is 1.48. The van der Waals surface area contributed by atoms with Crippen LogP contribution >= 0.6 is 0 Å². The number of amides is 2. The van der Waals surface area contributed by atoms with Gasteiger partial charge in [-0.05, 0) is 29.2 Å². The van der Waals surface area contributed by atoms with Crippen molar-refractivity contribution < 1.29 is 47.3 Å². The second kappa shape index (κ2) is 11.6. The number of esters is 1. The lowest BCUT2D eigenvalue weighted by atomic mass is 9.78. The van der Waals surface area contributed by atoms with Crippen LogP contribution in [0.1, 0.15) is 45.7 Å². The Kier molecular flexibility index (Phi) is 8.46. The number of carbonyl (C=O) groups excluding carboxylic acids is 3. The normalized spacial score (nSPS) is 14.0. The fourth-order valence-electron chi connectivity index (χ4n) is 4.18. The molecule has 0 saturated heterocycles. The number of halogens is 2. The van der Waals surface area contributed by atoms with Crippen LogP contribution in [0.5, 0.6) is 0 Å². The Morgan fingerprint density at radius 2 is 1.55 bits per heavy atom. The highest BCUT2D eigenvalue weighted by Gasteiger charge is 2.35. The molecule has 2 aromatic carbocycles. The molecule has 14 heteroatoms. The van der Waals surface area contributed by atoms with E-state index in [4.69, 9.17) is 14.0 Å². The first-order valence-electron chi connectivity index (χ1n) is 12.0. The fourth-order valence-corrected chi connectivity index (χ4v) is 4.18. The maximum Gasteiger partial charge on any atom is 0.494 e. The molecule has 3 N–H and O–H groups in total. The molecule has 2 amide bonds. The van der Waals surface area contributed by atoms with Crippen molar-refractivity contribution in [2.75, 3.05) is 26.2 Å². The van der Waals surface area contributed by atoms with Crippen molar-refractivity contribution >= 4 is 42.9 Å². The number of benzene rings is 2. The molecule has 4 rings (SSSR count). The minimum atomic E-state index is -1.52. The summed E-state index contributed by atoms with van der Waals surface area (Å²) in [5, 5.41) is 22.2. The van der Waals surface area contributed by atoms with Crippen molar-refractivity contribution in [3.63, 3.8) is 0 Å². The second-order valence-corrected chi connectivity index (χ2v) is 9.39. The quantitative estimate of drug-likeness (QED) is 0.291. The summed E-state index contributed by atoms with van der Waals surface area (Å²) in [6.45, 7) is 2.80. The van der Waals surface area contributed by atoms with Crippen molar-refractivity contribution in [2.45, 2.75) is 27.1 Å². The Morgan fingerprint density at radius 1 is 1.00 bits per heavy atom. The van der Waals surface area contributed by atoms with E-state index < -0.39 is 55.8 Å². The minimum Gasteiger partial charge on any atom is -0.464 e. The van der Waals surface area contributed by atoms with E-state index >= 15 is 4.39 Å². The van der Waals surface area contributed by atoms with Gasteiger partial charge in [0.15, 0.2) is 0 Å². The lowest BCUT2D eigenvalue weighted by Gasteiger charge is -2.23. The summed E-state index contributed by atoms with van der Waals surface area (Å²) < 4.78 is 45.1. The molecule has 2 aliphatic heterocycles. The first-order valence-corrected chi connectivity index (χ1v) is 12.0. The Labute approximate surface area is 218 Å². The molecule has 0 spiro atoms. The summed E-state index contributed by atoms with van der Waals surface area (Å²) in [6.07, 6.45) is 0. The van der Waals surface area contributed by atoms with Crippen molar-refractivity contribution in [3.05, 3.63) is 58.2 Å². The van der Waals surface area contributed by atoms with Crippen LogP contribution in [0.15, 0.2) is 24.3 Å². The van der Waals surface area contributed by atoms with Crippen LogP contribution in [0, 0.1) is 17.6 Å². The molecular weight excluding hydrogens is 504 g/mol. The van der Waals surface area contributed by atoms with Gasteiger partial charge in [0.1, 0.15) is 18.2 Å².